The molecule has 3 aromatic carbocycles. The molecule has 0 radical (unpaired) electrons. The maximum atomic E-state index is 14.8. The molecule has 1 aliphatic rings. The summed E-state index contributed by atoms with van der Waals surface area (Å²) in [7, 11) is 1.56. The molecule has 0 amide bonds. The summed E-state index contributed by atoms with van der Waals surface area (Å²) in [5.41, 5.74) is 4.09. The van der Waals surface area contributed by atoms with Crippen molar-refractivity contribution < 1.29 is 23.8 Å². The van der Waals surface area contributed by atoms with Gasteiger partial charge in [0.2, 0.25) is 0 Å². The van der Waals surface area contributed by atoms with E-state index in [2.05, 4.69) is 26.8 Å². The Hall–Kier alpha value is -3.85. The number of hydrogen-bond acceptors (Lipinski definition) is 4. The molecule has 0 bridgehead atoms. The second kappa shape index (κ2) is 11.3. The zero-order valence-electron chi connectivity index (χ0n) is 22.3. The molecule has 3 aromatic rings. The molecule has 1 N–H and O–H groups in total. The SMILES string of the molecule is COc1ccc(F)c(-c2ccc(OCc3cccc(C(CC(=O)O)C4CC4C#N)c3)cc2CC(C)(C)C)c1. The van der Waals surface area contributed by atoms with E-state index in [1.54, 1.807) is 19.2 Å². The van der Waals surface area contributed by atoms with Gasteiger partial charge in [-0.2, -0.15) is 5.26 Å². The van der Waals surface area contributed by atoms with Gasteiger partial charge in [0.15, 0.2) is 0 Å². The lowest BCUT2D eigenvalue weighted by Gasteiger charge is -2.22. The number of halogens is 1. The lowest BCUT2D eigenvalue weighted by Crippen LogP contribution is -2.11. The Morgan fingerprint density at radius 2 is 1.87 bits per heavy atom. The largest absolute Gasteiger partial charge is 0.497 e. The normalized spacial score (nSPS) is 17.4. The van der Waals surface area contributed by atoms with Crippen molar-refractivity contribution in [2.75, 3.05) is 7.11 Å². The van der Waals surface area contributed by atoms with Crippen LogP contribution < -0.4 is 9.47 Å². The molecule has 1 aliphatic carbocycles. The number of carboxylic acids is 1. The highest BCUT2D eigenvalue weighted by Gasteiger charge is 2.44. The highest BCUT2D eigenvalue weighted by atomic mass is 19.1. The topological polar surface area (TPSA) is 79.6 Å². The van der Waals surface area contributed by atoms with Crippen LogP contribution in [0.4, 0.5) is 4.39 Å². The molecule has 0 spiro atoms. The predicted molar refractivity (Wildman–Crippen MR) is 145 cm³/mol. The molecule has 6 heteroatoms. The minimum atomic E-state index is -0.862. The summed E-state index contributed by atoms with van der Waals surface area (Å²) in [4.78, 5) is 11.5. The van der Waals surface area contributed by atoms with Gasteiger partial charge in [-0.15, -0.1) is 0 Å². The van der Waals surface area contributed by atoms with Gasteiger partial charge in [0.25, 0.3) is 0 Å². The molecule has 1 fully saturated rings. The zero-order valence-corrected chi connectivity index (χ0v) is 22.3. The van der Waals surface area contributed by atoms with Crippen LogP contribution in [0, 0.1) is 34.4 Å². The van der Waals surface area contributed by atoms with E-state index in [1.165, 1.54) is 6.07 Å². The van der Waals surface area contributed by atoms with Crippen LogP contribution in [0.2, 0.25) is 0 Å². The maximum Gasteiger partial charge on any atom is 0.303 e. The standard InChI is InChI=1S/C32H34FNO4/c1-32(2,3)17-22-13-25(8-10-26(22)29-15-24(37-4)9-11-30(29)33)38-19-20-6-5-7-21(12-20)28(16-31(35)36)27-14-23(27)18-34/h5-13,15,23,27-28H,14,16-17,19H2,1-4H3,(H,35,36). The molecule has 0 heterocycles. The van der Waals surface area contributed by atoms with Gasteiger partial charge in [0, 0.05) is 5.56 Å². The quantitative estimate of drug-likeness (QED) is 0.305. The van der Waals surface area contributed by atoms with Crippen molar-refractivity contribution in [2.45, 2.75) is 52.6 Å². The van der Waals surface area contributed by atoms with E-state index in [0.717, 1.165) is 35.1 Å². The van der Waals surface area contributed by atoms with Crippen LogP contribution in [0.3, 0.4) is 0 Å². The van der Waals surface area contributed by atoms with E-state index in [0.29, 0.717) is 23.7 Å². The molecule has 3 atom stereocenters. The van der Waals surface area contributed by atoms with Crippen LogP contribution in [-0.2, 0) is 17.8 Å². The third kappa shape index (κ3) is 6.72. The van der Waals surface area contributed by atoms with Gasteiger partial charge in [0.1, 0.15) is 23.9 Å². The highest BCUT2D eigenvalue weighted by Crippen LogP contribution is 2.49. The number of ether oxygens (including phenoxy) is 2. The molecule has 0 aromatic heterocycles. The fourth-order valence-electron chi connectivity index (χ4n) is 5.07. The Bertz CT molecular complexity index is 1350. The van der Waals surface area contributed by atoms with Crippen LogP contribution in [0.1, 0.15) is 56.2 Å². The van der Waals surface area contributed by atoms with Gasteiger partial charge in [-0.1, -0.05) is 51.1 Å². The molecule has 3 unspecified atom stereocenters. The first-order chi connectivity index (χ1) is 18.1. The van der Waals surface area contributed by atoms with E-state index >= 15 is 0 Å². The molecular formula is C32H34FNO4. The fourth-order valence-corrected chi connectivity index (χ4v) is 5.07. The fraction of sp³-hybridized carbons (Fsp3) is 0.375. The van der Waals surface area contributed by atoms with Crippen LogP contribution >= 0.6 is 0 Å². The number of aliphatic carboxylic acids is 1. The summed E-state index contributed by atoms with van der Waals surface area (Å²) < 4.78 is 26.3. The molecule has 198 valence electrons. The molecule has 5 nitrogen and oxygen atoms in total. The molecular weight excluding hydrogens is 481 g/mol. The maximum absolute atomic E-state index is 14.8. The summed E-state index contributed by atoms with van der Waals surface area (Å²) in [6.45, 7) is 6.73. The Morgan fingerprint density at radius 3 is 2.53 bits per heavy atom. The van der Waals surface area contributed by atoms with E-state index in [-0.39, 0.29) is 35.4 Å². The monoisotopic (exact) mass is 515 g/mol. The molecule has 0 saturated heterocycles. The number of nitriles is 1. The van der Waals surface area contributed by atoms with Crippen molar-refractivity contribution in [2.24, 2.45) is 17.3 Å². The number of benzene rings is 3. The summed E-state index contributed by atoms with van der Waals surface area (Å²) in [5, 5.41) is 18.7. The zero-order chi connectivity index (χ0) is 27.4. The first-order valence-corrected chi connectivity index (χ1v) is 12.9. The van der Waals surface area contributed by atoms with Gasteiger partial charge < -0.3 is 14.6 Å². The second-order valence-electron chi connectivity index (χ2n) is 11.3. The molecule has 38 heavy (non-hydrogen) atoms. The summed E-state index contributed by atoms with van der Waals surface area (Å²) >= 11 is 0. The highest BCUT2D eigenvalue weighted by molar-refractivity contribution is 5.71. The summed E-state index contributed by atoms with van der Waals surface area (Å²) in [5.74, 6) is -0.0825. The Kier molecular flexibility index (Phi) is 8.06. The van der Waals surface area contributed by atoms with Crippen molar-refractivity contribution in [3.05, 3.63) is 83.2 Å². The Labute approximate surface area is 223 Å². The van der Waals surface area contributed by atoms with Gasteiger partial charge in [-0.3, -0.25) is 4.79 Å². The van der Waals surface area contributed by atoms with Gasteiger partial charge in [-0.25, -0.2) is 4.39 Å². The van der Waals surface area contributed by atoms with Crippen LogP contribution in [0.5, 0.6) is 11.5 Å². The van der Waals surface area contributed by atoms with E-state index in [1.807, 2.05) is 42.5 Å². The average Bonchev–Trinajstić information content (AvgIpc) is 3.65. The summed E-state index contributed by atoms with van der Waals surface area (Å²) in [6.07, 6.45) is 1.47. The number of carboxylic acid groups (broad SMARTS) is 1. The summed E-state index contributed by atoms with van der Waals surface area (Å²) in [6, 6.07) is 20.5. The first kappa shape index (κ1) is 27.2. The third-order valence-electron chi connectivity index (χ3n) is 6.96. The molecule has 1 saturated carbocycles. The number of rotatable bonds is 10. The lowest BCUT2D eigenvalue weighted by molar-refractivity contribution is -0.137. The van der Waals surface area contributed by atoms with E-state index < -0.39 is 5.97 Å². The van der Waals surface area contributed by atoms with Crippen LogP contribution in [-0.4, -0.2) is 18.2 Å². The number of carbonyl (C=O) groups is 1. The van der Waals surface area contributed by atoms with Gasteiger partial charge in [0.05, 0.1) is 25.5 Å². The predicted octanol–water partition coefficient (Wildman–Crippen LogP) is 7.39. The third-order valence-corrected chi connectivity index (χ3v) is 6.96. The van der Waals surface area contributed by atoms with E-state index in [4.69, 9.17) is 9.47 Å². The van der Waals surface area contributed by atoms with Crippen LogP contribution in [0.25, 0.3) is 11.1 Å². The van der Waals surface area contributed by atoms with Crippen molar-refractivity contribution in [3.8, 4) is 28.7 Å². The second-order valence-corrected chi connectivity index (χ2v) is 11.3. The van der Waals surface area contributed by atoms with Crippen molar-refractivity contribution in [1.29, 1.82) is 5.26 Å². The molecule has 0 aliphatic heterocycles. The smallest absolute Gasteiger partial charge is 0.303 e. The van der Waals surface area contributed by atoms with Gasteiger partial charge >= 0.3 is 5.97 Å². The van der Waals surface area contributed by atoms with Crippen molar-refractivity contribution in [1.82, 2.24) is 0 Å². The Morgan fingerprint density at radius 1 is 1.11 bits per heavy atom. The van der Waals surface area contributed by atoms with E-state index in [9.17, 15) is 19.6 Å². The minimum Gasteiger partial charge on any atom is -0.497 e. The van der Waals surface area contributed by atoms with Crippen molar-refractivity contribution in [3.63, 3.8) is 0 Å². The molecule has 4 rings (SSSR count). The van der Waals surface area contributed by atoms with Crippen molar-refractivity contribution >= 4 is 5.97 Å². The first-order valence-electron chi connectivity index (χ1n) is 12.9. The lowest BCUT2D eigenvalue weighted by atomic mass is 9.84. The van der Waals surface area contributed by atoms with Gasteiger partial charge in [-0.05, 0) is 82.7 Å². The number of hydrogen-bond donors (Lipinski definition) is 1. The Balaban J connectivity index is 1.57. The minimum absolute atomic E-state index is 0.00557. The van der Waals surface area contributed by atoms with Crippen LogP contribution in [0.15, 0.2) is 60.7 Å². The average molecular weight is 516 g/mol. The number of methoxy groups -OCH3 is 1. The number of nitrogens with zero attached hydrogens (tertiary/aromatic N) is 1.